The average Bonchev–Trinajstić information content (AvgIpc) is 2.77. The van der Waals surface area contributed by atoms with E-state index in [0.29, 0.717) is 0 Å². The van der Waals surface area contributed by atoms with Crippen molar-refractivity contribution in [3.63, 3.8) is 0 Å². The lowest BCUT2D eigenvalue weighted by atomic mass is 10.1. The Kier molecular flexibility index (Phi) is 8.61. The summed E-state index contributed by atoms with van der Waals surface area (Å²) >= 11 is 0. The zero-order chi connectivity index (χ0) is 11.1. The molecule has 5 heteroatoms. The van der Waals surface area contributed by atoms with Crippen LogP contribution in [0.1, 0.15) is 20.3 Å². The summed E-state index contributed by atoms with van der Waals surface area (Å²) in [5.74, 6) is 0.411. The number of amides is 1. The topological polar surface area (TPSA) is 44.4 Å². The predicted molar refractivity (Wildman–Crippen MR) is 69.0 cm³/mol. The molecule has 0 bridgehead atoms. The molecule has 1 aliphatic rings. The molecule has 0 aromatic heterocycles. The van der Waals surface area contributed by atoms with Crippen LogP contribution >= 0.6 is 12.4 Å². The van der Waals surface area contributed by atoms with Gasteiger partial charge in [-0.15, -0.1) is 12.4 Å². The van der Waals surface area contributed by atoms with Crippen LogP contribution in [0.2, 0.25) is 0 Å². The molecule has 0 radical (unpaired) electrons. The van der Waals surface area contributed by atoms with E-state index in [-0.39, 0.29) is 24.2 Å². The molecule has 1 saturated heterocycles. The molecule has 16 heavy (non-hydrogen) atoms. The number of rotatable bonds is 6. The molecule has 1 amide bonds. The van der Waals surface area contributed by atoms with Gasteiger partial charge in [0.05, 0.1) is 5.92 Å². The van der Waals surface area contributed by atoms with Crippen LogP contribution in [0.5, 0.6) is 0 Å². The van der Waals surface area contributed by atoms with Gasteiger partial charge >= 0.3 is 0 Å². The molecule has 4 nitrogen and oxygen atoms in total. The van der Waals surface area contributed by atoms with Gasteiger partial charge in [0.25, 0.3) is 0 Å². The van der Waals surface area contributed by atoms with Crippen LogP contribution in [0.15, 0.2) is 0 Å². The lowest BCUT2D eigenvalue weighted by Gasteiger charge is -2.18. The highest BCUT2D eigenvalue weighted by Gasteiger charge is 2.21. The third kappa shape index (κ3) is 5.14. The molecule has 1 rings (SSSR count). The Hall–Kier alpha value is -0.320. The molecule has 0 saturated carbocycles. The molecule has 1 unspecified atom stereocenters. The molecule has 0 aromatic rings. The molecule has 1 atom stereocenters. The molecule has 0 spiro atoms. The van der Waals surface area contributed by atoms with Crippen LogP contribution in [-0.2, 0) is 4.79 Å². The van der Waals surface area contributed by atoms with Gasteiger partial charge in [-0.2, -0.15) is 0 Å². The van der Waals surface area contributed by atoms with Crippen LogP contribution in [0.4, 0.5) is 0 Å². The second-order valence-electron chi connectivity index (χ2n) is 4.01. The smallest absolute Gasteiger partial charge is 0.224 e. The molecule has 1 fully saturated rings. The number of hydrogen-bond donors (Lipinski definition) is 2. The zero-order valence-electron chi connectivity index (χ0n) is 10.3. The van der Waals surface area contributed by atoms with Crippen molar-refractivity contribution >= 4 is 18.3 Å². The Labute approximate surface area is 105 Å². The first-order valence-corrected chi connectivity index (χ1v) is 5.98. The standard InChI is InChI=1S/C11H23N3O.ClH/c1-3-14(4-2)8-7-13-11(15)10-5-6-12-9-10;/h10,12H,3-9H2,1-2H3,(H,13,15);1H. The Morgan fingerprint density at radius 2 is 2.12 bits per heavy atom. The third-order valence-corrected chi connectivity index (χ3v) is 3.05. The van der Waals surface area contributed by atoms with Crippen molar-refractivity contribution in [3.05, 3.63) is 0 Å². The summed E-state index contributed by atoms with van der Waals surface area (Å²) in [5, 5.41) is 6.21. The van der Waals surface area contributed by atoms with E-state index in [1.165, 1.54) is 0 Å². The summed E-state index contributed by atoms with van der Waals surface area (Å²) in [6.07, 6.45) is 0.983. The summed E-state index contributed by atoms with van der Waals surface area (Å²) in [6, 6.07) is 0. The Balaban J connectivity index is 0.00000225. The quantitative estimate of drug-likeness (QED) is 0.720. The number of carbonyl (C=O) groups is 1. The van der Waals surface area contributed by atoms with Gasteiger partial charge in [0, 0.05) is 19.6 Å². The van der Waals surface area contributed by atoms with E-state index < -0.39 is 0 Å². The second-order valence-corrected chi connectivity index (χ2v) is 4.01. The van der Waals surface area contributed by atoms with Crippen LogP contribution in [0, 0.1) is 5.92 Å². The summed E-state index contributed by atoms with van der Waals surface area (Å²) < 4.78 is 0. The summed E-state index contributed by atoms with van der Waals surface area (Å²) in [7, 11) is 0. The Morgan fingerprint density at radius 1 is 1.44 bits per heavy atom. The van der Waals surface area contributed by atoms with E-state index >= 15 is 0 Å². The van der Waals surface area contributed by atoms with Crippen LogP contribution in [0.3, 0.4) is 0 Å². The van der Waals surface area contributed by atoms with Crippen molar-refractivity contribution in [2.45, 2.75) is 20.3 Å². The maximum Gasteiger partial charge on any atom is 0.224 e. The number of carbonyl (C=O) groups excluding carboxylic acids is 1. The molecule has 1 aliphatic heterocycles. The number of nitrogens with one attached hydrogen (secondary N) is 2. The van der Waals surface area contributed by atoms with Crippen molar-refractivity contribution in [2.75, 3.05) is 39.3 Å². The highest BCUT2D eigenvalue weighted by molar-refractivity contribution is 5.85. The molecule has 0 aliphatic carbocycles. The fourth-order valence-corrected chi connectivity index (χ4v) is 1.90. The lowest BCUT2D eigenvalue weighted by Crippen LogP contribution is -2.38. The summed E-state index contributed by atoms with van der Waals surface area (Å²) in [4.78, 5) is 13.9. The van der Waals surface area contributed by atoms with Crippen molar-refractivity contribution in [1.82, 2.24) is 15.5 Å². The van der Waals surface area contributed by atoms with Gasteiger partial charge in [0.2, 0.25) is 5.91 Å². The molecule has 96 valence electrons. The van der Waals surface area contributed by atoms with Gasteiger partial charge in [-0.1, -0.05) is 13.8 Å². The van der Waals surface area contributed by atoms with E-state index in [2.05, 4.69) is 29.4 Å². The first-order valence-electron chi connectivity index (χ1n) is 5.98. The summed E-state index contributed by atoms with van der Waals surface area (Å²) in [6.45, 7) is 9.95. The van der Waals surface area contributed by atoms with E-state index in [1.807, 2.05) is 0 Å². The number of nitrogens with zero attached hydrogens (tertiary/aromatic N) is 1. The maximum absolute atomic E-state index is 11.6. The monoisotopic (exact) mass is 249 g/mol. The maximum atomic E-state index is 11.6. The SMILES string of the molecule is CCN(CC)CCNC(=O)C1CCNC1.Cl. The van der Waals surface area contributed by atoms with Gasteiger partial charge in [-0.25, -0.2) is 0 Å². The molecule has 2 N–H and O–H groups in total. The van der Waals surface area contributed by atoms with E-state index in [0.717, 1.165) is 45.7 Å². The number of halogens is 1. The van der Waals surface area contributed by atoms with Crippen LogP contribution in [0.25, 0.3) is 0 Å². The van der Waals surface area contributed by atoms with Gasteiger partial charge in [-0.05, 0) is 26.1 Å². The van der Waals surface area contributed by atoms with E-state index in [1.54, 1.807) is 0 Å². The number of hydrogen-bond acceptors (Lipinski definition) is 3. The first-order chi connectivity index (χ1) is 7.27. The summed E-state index contributed by atoms with van der Waals surface area (Å²) in [5.41, 5.74) is 0. The number of likely N-dealkylation sites (N-methyl/N-ethyl adjacent to an activating group) is 1. The molecular formula is C11H24ClN3O. The van der Waals surface area contributed by atoms with Crippen molar-refractivity contribution in [2.24, 2.45) is 5.92 Å². The van der Waals surface area contributed by atoms with Gasteiger partial charge in [0.1, 0.15) is 0 Å². The van der Waals surface area contributed by atoms with Crippen molar-refractivity contribution < 1.29 is 4.79 Å². The third-order valence-electron chi connectivity index (χ3n) is 3.05. The largest absolute Gasteiger partial charge is 0.355 e. The van der Waals surface area contributed by atoms with Crippen LogP contribution in [-0.4, -0.2) is 50.1 Å². The highest BCUT2D eigenvalue weighted by Crippen LogP contribution is 2.06. The van der Waals surface area contributed by atoms with Crippen molar-refractivity contribution in [3.8, 4) is 0 Å². The highest BCUT2D eigenvalue weighted by atomic mass is 35.5. The van der Waals surface area contributed by atoms with Crippen molar-refractivity contribution in [1.29, 1.82) is 0 Å². The van der Waals surface area contributed by atoms with E-state index in [9.17, 15) is 4.79 Å². The Bertz CT molecular complexity index is 192. The minimum atomic E-state index is 0. The fraction of sp³-hybridized carbons (Fsp3) is 0.909. The molecular weight excluding hydrogens is 226 g/mol. The van der Waals surface area contributed by atoms with Gasteiger partial charge in [0.15, 0.2) is 0 Å². The molecule has 1 heterocycles. The Morgan fingerprint density at radius 3 is 2.62 bits per heavy atom. The minimum Gasteiger partial charge on any atom is -0.355 e. The normalized spacial score (nSPS) is 19.6. The van der Waals surface area contributed by atoms with E-state index in [4.69, 9.17) is 0 Å². The fourth-order valence-electron chi connectivity index (χ4n) is 1.90. The minimum absolute atomic E-state index is 0. The second kappa shape index (κ2) is 8.79. The van der Waals surface area contributed by atoms with Gasteiger partial charge in [-0.3, -0.25) is 4.79 Å². The average molecular weight is 250 g/mol. The predicted octanol–water partition coefficient (Wildman–Crippen LogP) is 0.476. The van der Waals surface area contributed by atoms with Gasteiger partial charge < -0.3 is 15.5 Å². The zero-order valence-corrected chi connectivity index (χ0v) is 11.1. The molecule has 0 aromatic carbocycles. The van der Waals surface area contributed by atoms with Crippen LogP contribution < -0.4 is 10.6 Å². The first kappa shape index (κ1) is 15.7. The lowest BCUT2D eigenvalue weighted by molar-refractivity contribution is -0.124.